The number of amides is 1. The third-order valence-corrected chi connectivity index (χ3v) is 1.84. The summed E-state index contributed by atoms with van der Waals surface area (Å²) in [6.45, 7) is 4.01. The fraction of sp³-hybridized carbons (Fsp3) is 0.250. The molecule has 0 spiro atoms. The van der Waals surface area contributed by atoms with Gasteiger partial charge in [0, 0.05) is 5.56 Å². The fourth-order valence-corrected chi connectivity index (χ4v) is 1.25. The molecule has 0 heterocycles. The second-order valence-corrected chi connectivity index (χ2v) is 3.34. The van der Waals surface area contributed by atoms with Crippen LogP contribution in [0, 0.1) is 0 Å². The molecule has 1 amide bonds. The van der Waals surface area contributed by atoms with E-state index in [1.807, 2.05) is 38.1 Å². The molecule has 0 aromatic heterocycles. The van der Waals surface area contributed by atoms with Gasteiger partial charge in [-0.2, -0.15) is 0 Å². The molecule has 0 aliphatic heterocycles. The summed E-state index contributed by atoms with van der Waals surface area (Å²) in [5, 5.41) is 3.66. The number of hydrogen-bond acceptors (Lipinski definition) is 1. The summed E-state index contributed by atoms with van der Waals surface area (Å²) >= 11 is 0. The number of carbonyl (C=O) groups excluding carboxylic acids is 1. The number of nitrogens with zero attached hydrogens (tertiary/aromatic N) is 1. The van der Waals surface area contributed by atoms with Crippen molar-refractivity contribution in [1.82, 2.24) is 0 Å². The van der Waals surface area contributed by atoms with Crippen molar-refractivity contribution in [2.45, 2.75) is 13.8 Å². The zero-order valence-electron chi connectivity index (χ0n) is 9.74. The smallest absolute Gasteiger partial charge is 0.652 e. The summed E-state index contributed by atoms with van der Waals surface area (Å²) < 4.78 is 0. The average Bonchev–Trinajstić information content (AvgIpc) is 2.16. The Labute approximate surface area is 134 Å². The van der Waals surface area contributed by atoms with Gasteiger partial charge in [-0.15, -0.1) is 7.05 Å². The Kier molecular flexibility index (Phi) is 7.39. The Hall–Kier alpha value is 0.0664. The monoisotopic (exact) mass is 227 g/mol. The van der Waals surface area contributed by atoms with Crippen molar-refractivity contribution in [3.63, 3.8) is 0 Å². The minimum Gasteiger partial charge on any atom is -0.652 e. The molecule has 0 aliphatic rings. The molecular formula is C12H14KNO. The molecule has 0 saturated carbocycles. The van der Waals surface area contributed by atoms with E-state index < -0.39 is 0 Å². The van der Waals surface area contributed by atoms with Crippen molar-refractivity contribution in [2.24, 2.45) is 0 Å². The summed E-state index contributed by atoms with van der Waals surface area (Å²) in [7, 11) is 1.52. The molecule has 1 aromatic carbocycles. The van der Waals surface area contributed by atoms with Crippen molar-refractivity contribution >= 4 is 12.0 Å². The van der Waals surface area contributed by atoms with Gasteiger partial charge < -0.3 is 10.1 Å². The first-order chi connectivity index (χ1) is 6.65. The van der Waals surface area contributed by atoms with E-state index in [-0.39, 0.29) is 57.3 Å². The predicted octanol–water partition coefficient (Wildman–Crippen LogP) is 0.257. The molecule has 3 heteroatoms. The molecule has 0 unspecified atom stereocenters. The third-order valence-electron chi connectivity index (χ3n) is 1.84. The Balaban J connectivity index is 0.00000196. The maximum Gasteiger partial charge on any atom is 1.00 e. The Morgan fingerprint density at radius 3 is 2.40 bits per heavy atom. The van der Waals surface area contributed by atoms with Crippen LogP contribution in [0.3, 0.4) is 0 Å². The van der Waals surface area contributed by atoms with Gasteiger partial charge in [0.25, 0.3) is 0 Å². The van der Waals surface area contributed by atoms with Crippen LogP contribution in [0.5, 0.6) is 0 Å². The standard InChI is InChI=1S/C12H15NO.K/c1-9(2)8-10-6-4-5-7-11(10)12(14)13-3;/h4-8H,1-3H3,(H,13,14);/q;+1/p-1. The van der Waals surface area contributed by atoms with Crippen LogP contribution in [0.1, 0.15) is 29.8 Å². The van der Waals surface area contributed by atoms with Crippen molar-refractivity contribution in [2.75, 3.05) is 7.05 Å². The maximum absolute atomic E-state index is 11.4. The molecule has 1 rings (SSSR count). The molecule has 0 radical (unpaired) electrons. The molecule has 0 atom stereocenters. The molecule has 0 N–H and O–H groups in total. The number of allylic oxidation sites excluding steroid dienone is 1. The largest absolute Gasteiger partial charge is 1.00 e. The molecule has 0 bridgehead atoms. The van der Waals surface area contributed by atoms with Crippen molar-refractivity contribution in [3.8, 4) is 0 Å². The minimum absolute atomic E-state index is 0. The van der Waals surface area contributed by atoms with Gasteiger partial charge in [0.2, 0.25) is 0 Å². The molecule has 0 aliphatic carbocycles. The van der Waals surface area contributed by atoms with E-state index in [9.17, 15) is 4.79 Å². The van der Waals surface area contributed by atoms with Crippen LogP contribution in [0.15, 0.2) is 29.8 Å². The van der Waals surface area contributed by atoms with E-state index in [0.717, 1.165) is 5.56 Å². The van der Waals surface area contributed by atoms with Crippen LogP contribution in [0.25, 0.3) is 11.4 Å². The average molecular weight is 227 g/mol. The SMILES string of the molecule is C[N-]C(=O)c1ccccc1C=C(C)C.[K+]. The number of benzene rings is 1. The summed E-state index contributed by atoms with van der Waals surface area (Å²) in [5.41, 5.74) is 2.76. The quantitative estimate of drug-likeness (QED) is 0.667. The van der Waals surface area contributed by atoms with Crippen molar-refractivity contribution < 1.29 is 56.2 Å². The molecular weight excluding hydrogens is 213 g/mol. The van der Waals surface area contributed by atoms with Gasteiger partial charge in [-0.3, -0.25) is 0 Å². The zero-order chi connectivity index (χ0) is 10.6. The second kappa shape index (κ2) is 7.36. The van der Waals surface area contributed by atoms with Gasteiger partial charge in [0.05, 0.1) is 5.91 Å². The van der Waals surface area contributed by atoms with E-state index in [1.165, 1.54) is 12.6 Å². The number of hydrogen-bond donors (Lipinski definition) is 0. The summed E-state index contributed by atoms with van der Waals surface area (Å²) in [6, 6.07) is 7.48. The Morgan fingerprint density at radius 2 is 1.87 bits per heavy atom. The molecule has 0 fully saturated rings. The predicted molar refractivity (Wildman–Crippen MR) is 59.4 cm³/mol. The minimum atomic E-state index is -0.168. The van der Waals surface area contributed by atoms with Crippen LogP contribution < -0.4 is 51.4 Å². The van der Waals surface area contributed by atoms with Gasteiger partial charge in [0.15, 0.2) is 0 Å². The van der Waals surface area contributed by atoms with E-state index in [2.05, 4.69) is 5.32 Å². The van der Waals surface area contributed by atoms with Crippen LogP contribution in [-0.4, -0.2) is 13.0 Å². The molecule has 74 valence electrons. The van der Waals surface area contributed by atoms with Gasteiger partial charge in [0.1, 0.15) is 0 Å². The first kappa shape index (κ1) is 15.1. The first-order valence-corrected chi connectivity index (χ1v) is 4.53. The molecule has 1 aromatic rings. The third kappa shape index (κ3) is 4.61. The fourth-order valence-electron chi connectivity index (χ4n) is 1.25. The van der Waals surface area contributed by atoms with Crippen LogP contribution in [-0.2, 0) is 0 Å². The van der Waals surface area contributed by atoms with Crippen LogP contribution in [0.4, 0.5) is 0 Å². The maximum atomic E-state index is 11.4. The van der Waals surface area contributed by atoms with Crippen molar-refractivity contribution in [1.29, 1.82) is 0 Å². The van der Waals surface area contributed by atoms with Crippen LogP contribution in [0.2, 0.25) is 0 Å². The molecule has 0 saturated heterocycles. The second-order valence-electron chi connectivity index (χ2n) is 3.34. The molecule has 2 nitrogen and oxygen atoms in total. The van der Waals surface area contributed by atoms with E-state index >= 15 is 0 Å². The first-order valence-electron chi connectivity index (χ1n) is 4.53. The van der Waals surface area contributed by atoms with E-state index in [4.69, 9.17) is 0 Å². The normalized spacial score (nSPS) is 8.73. The topological polar surface area (TPSA) is 31.2 Å². The summed E-state index contributed by atoms with van der Waals surface area (Å²) in [5.74, 6) is -0.168. The number of carbonyl (C=O) groups is 1. The Morgan fingerprint density at radius 1 is 1.27 bits per heavy atom. The summed E-state index contributed by atoms with van der Waals surface area (Å²) in [4.78, 5) is 11.4. The molecule has 15 heavy (non-hydrogen) atoms. The zero-order valence-corrected chi connectivity index (χ0v) is 12.9. The van der Waals surface area contributed by atoms with Gasteiger partial charge >= 0.3 is 51.4 Å². The van der Waals surface area contributed by atoms with E-state index in [1.54, 1.807) is 6.07 Å². The number of rotatable bonds is 2. The van der Waals surface area contributed by atoms with E-state index in [0.29, 0.717) is 5.56 Å². The van der Waals surface area contributed by atoms with Gasteiger partial charge in [-0.25, -0.2) is 0 Å². The van der Waals surface area contributed by atoms with Gasteiger partial charge in [-0.1, -0.05) is 35.9 Å². The summed E-state index contributed by atoms with van der Waals surface area (Å²) in [6.07, 6.45) is 1.98. The van der Waals surface area contributed by atoms with Gasteiger partial charge in [-0.05, 0) is 19.4 Å². The van der Waals surface area contributed by atoms with Crippen molar-refractivity contribution in [3.05, 3.63) is 46.3 Å². The van der Waals surface area contributed by atoms with Crippen LogP contribution >= 0.6 is 0 Å². The Bertz CT molecular complexity index is 368.